The highest BCUT2D eigenvalue weighted by Crippen LogP contribution is 2.26. The van der Waals surface area contributed by atoms with E-state index in [0.29, 0.717) is 5.69 Å². The zero-order valence-corrected chi connectivity index (χ0v) is 8.51. The van der Waals surface area contributed by atoms with Crippen molar-refractivity contribution >= 4 is 19.6 Å². The van der Waals surface area contributed by atoms with Crippen molar-refractivity contribution in [2.75, 3.05) is 5.23 Å². The minimum Gasteiger partial charge on any atom is -0.478 e. The number of hydrogen-bond donors (Lipinski definition) is 2. The minimum absolute atomic E-state index is 0.216. The molecule has 0 fully saturated rings. The molecule has 0 aliphatic heterocycles. The van der Waals surface area contributed by atoms with Crippen LogP contribution in [0.2, 0.25) is 0 Å². The Bertz CT molecular complexity index is 388. The first-order valence-electron chi connectivity index (χ1n) is 4.29. The highest BCUT2D eigenvalue weighted by atomic mass is 16.4. The number of hydrogen-bond acceptors (Lipinski definition) is 2. The molecular formula is C10H12BNO2. The lowest BCUT2D eigenvalue weighted by atomic mass is 9.97. The molecule has 2 N–H and O–H groups in total. The number of aromatic carboxylic acids is 1. The van der Waals surface area contributed by atoms with Crippen molar-refractivity contribution in [2.24, 2.45) is 0 Å². The number of carboxylic acid groups (broad SMARTS) is 1. The number of aryl methyl sites for hydroxylation is 1. The average Bonchev–Trinajstić information content (AvgIpc) is 2.13. The van der Waals surface area contributed by atoms with Crippen LogP contribution >= 0.6 is 0 Å². The zero-order valence-electron chi connectivity index (χ0n) is 8.51. The molecule has 0 unspecified atom stereocenters. The number of carboxylic acids is 1. The third-order valence-electron chi connectivity index (χ3n) is 2.53. The predicted molar refractivity (Wildman–Crippen MR) is 57.0 cm³/mol. The maximum absolute atomic E-state index is 10.9. The lowest BCUT2D eigenvalue weighted by Gasteiger charge is -2.14. The van der Waals surface area contributed by atoms with E-state index in [2.05, 4.69) is 5.23 Å². The maximum Gasteiger partial charge on any atom is 0.337 e. The summed E-state index contributed by atoms with van der Waals surface area (Å²) in [5.41, 5.74) is 3.60. The molecule has 3 nitrogen and oxygen atoms in total. The molecule has 2 radical (unpaired) electrons. The Balaban J connectivity index is 3.51. The summed E-state index contributed by atoms with van der Waals surface area (Å²) >= 11 is 0. The normalized spacial score (nSPS) is 9.93. The average molecular weight is 189 g/mol. The molecule has 1 rings (SSSR count). The molecule has 0 saturated heterocycles. The minimum atomic E-state index is -0.968. The summed E-state index contributed by atoms with van der Waals surface area (Å²) in [6, 6.07) is 1.62. The van der Waals surface area contributed by atoms with Gasteiger partial charge in [-0.05, 0) is 43.5 Å². The molecular weight excluding hydrogens is 177 g/mol. The van der Waals surface area contributed by atoms with Gasteiger partial charge in [-0.15, -0.1) is 0 Å². The standard InChI is InChI=1S/C10H12BNO2/c1-5-4-8(10(13)14)9(12-11)7(3)6(5)2/h4,12H,1-3H3,(H,13,14). The quantitative estimate of drug-likeness (QED) is 0.697. The second-order valence-electron chi connectivity index (χ2n) is 3.32. The number of anilines is 1. The molecule has 0 aromatic heterocycles. The van der Waals surface area contributed by atoms with Gasteiger partial charge in [-0.2, -0.15) is 0 Å². The summed E-state index contributed by atoms with van der Waals surface area (Å²) in [6.45, 7) is 5.68. The molecule has 0 heterocycles. The molecule has 0 aliphatic carbocycles. The van der Waals surface area contributed by atoms with Crippen LogP contribution in [0.1, 0.15) is 27.0 Å². The monoisotopic (exact) mass is 189 g/mol. The molecule has 1 aromatic carbocycles. The van der Waals surface area contributed by atoms with Crippen molar-refractivity contribution in [1.82, 2.24) is 0 Å². The fourth-order valence-electron chi connectivity index (χ4n) is 1.44. The van der Waals surface area contributed by atoms with Crippen LogP contribution in [0, 0.1) is 20.8 Å². The van der Waals surface area contributed by atoms with E-state index in [1.807, 2.05) is 20.8 Å². The maximum atomic E-state index is 10.9. The van der Waals surface area contributed by atoms with Crippen LogP contribution < -0.4 is 5.23 Å². The lowest BCUT2D eigenvalue weighted by Crippen LogP contribution is -2.07. The van der Waals surface area contributed by atoms with E-state index in [0.717, 1.165) is 16.7 Å². The van der Waals surface area contributed by atoms with Gasteiger partial charge in [-0.1, -0.05) is 0 Å². The van der Waals surface area contributed by atoms with Crippen molar-refractivity contribution in [1.29, 1.82) is 0 Å². The van der Waals surface area contributed by atoms with Crippen LogP contribution in [0.25, 0.3) is 0 Å². The summed E-state index contributed by atoms with van der Waals surface area (Å²) < 4.78 is 0. The van der Waals surface area contributed by atoms with Gasteiger partial charge in [0.1, 0.15) is 0 Å². The Kier molecular flexibility index (Phi) is 2.84. The fraction of sp³-hybridized carbons (Fsp3) is 0.300. The molecule has 0 atom stereocenters. The number of rotatable bonds is 2. The van der Waals surface area contributed by atoms with Gasteiger partial charge in [0.25, 0.3) is 0 Å². The second kappa shape index (κ2) is 3.74. The van der Waals surface area contributed by atoms with E-state index in [1.54, 1.807) is 6.07 Å². The van der Waals surface area contributed by atoms with Crippen LogP contribution in [0.4, 0.5) is 5.69 Å². The first-order valence-corrected chi connectivity index (χ1v) is 4.29. The van der Waals surface area contributed by atoms with Crippen molar-refractivity contribution in [3.05, 3.63) is 28.3 Å². The summed E-state index contributed by atoms with van der Waals surface area (Å²) in [5.74, 6) is -0.968. The van der Waals surface area contributed by atoms with Crippen LogP contribution in [-0.2, 0) is 0 Å². The largest absolute Gasteiger partial charge is 0.478 e. The Morgan fingerprint density at radius 1 is 1.36 bits per heavy atom. The Labute approximate surface area is 84.6 Å². The Morgan fingerprint density at radius 2 is 1.93 bits per heavy atom. The number of benzene rings is 1. The molecule has 0 amide bonds. The highest BCUT2D eigenvalue weighted by Gasteiger charge is 2.14. The molecule has 4 heteroatoms. The number of carbonyl (C=O) groups is 1. The topological polar surface area (TPSA) is 49.3 Å². The van der Waals surface area contributed by atoms with E-state index < -0.39 is 5.97 Å². The summed E-state index contributed by atoms with van der Waals surface area (Å²) in [4.78, 5) is 10.9. The van der Waals surface area contributed by atoms with Gasteiger partial charge in [0.2, 0.25) is 7.98 Å². The number of nitrogens with one attached hydrogen (secondary N) is 1. The van der Waals surface area contributed by atoms with Crippen molar-refractivity contribution in [3.63, 3.8) is 0 Å². The van der Waals surface area contributed by atoms with Crippen LogP contribution in [-0.4, -0.2) is 19.1 Å². The smallest absolute Gasteiger partial charge is 0.337 e. The van der Waals surface area contributed by atoms with Gasteiger partial charge in [0.15, 0.2) is 0 Å². The third kappa shape index (κ3) is 1.60. The summed E-state index contributed by atoms with van der Waals surface area (Å²) in [6.07, 6.45) is 0. The van der Waals surface area contributed by atoms with Gasteiger partial charge >= 0.3 is 5.97 Å². The molecule has 0 bridgehead atoms. The van der Waals surface area contributed by atoms with Gasteiger partial charge in [-0.25, -0.2) is 4.79 Å². The Hall–Kier alpha value is -1.45. The SMILES string of the molecule is [B]Nc1c(C(=O)O)cc(C)c(C)c1C. The molecule has 14 heavy (non-hydrogen) atoms. The molecule has 0 spiro atoms. The molecule has 72 valence electrons. The molecule has 0 aliphatic rings. The van der Waals surface area contributed by atoms with Crippen molar-refractivity contribution in [2.45, 2.75) is 20.8 Å². The summed E-state index contributed by atoms with van der Waals surface area (Å²) in [5, 5.41) is 11.4. The highest BCUT2D eigenvalue weighted by molar-refractivity contribution is 6.18. The van der Waals surface area contributed by atoms with E-state index in [4.69, 9.17) is 13.1 Å². The molecule has 0 saturated carbocycles. The van der Waals surface area contributed by atoms with E-state index in [1.165, 1.54) is 0 Å². The first-order chi connectivity index (χ1) is 6.49. The first kappa shape index (κ1) is 10.6. The van der Waals surface area contributed by atoms with Gasteiger partial charge < -0.3 is 10.3 Å². The van der Waals surface area contributed by atoms with Crippen LogP contribution in [0.3, 0.4) is 0 Å². The van der Waals surface area contributed by atoms with E-state index in [-0.39, 0.29) is 5.56 Å². The summed E-state index contributed by atoms with van der Waals surface area (Å²) in [7, 11) is 5.29. The Morgan fingerprint density at radius 3 is 2.36 bits per heavy atom. The van der Waals surface area contributed by atoms with Gasteiger partial charge in [0, 0.05) is 5.69 Å². The predicted octanol–water partition coefficient (Wildman–Crippen LogP) is 1.81. The van der Waals surface area contributed by atoms with E-state index >= 15 is 0 Å². The second-order valence-corrected chi connectivity index (χ2v) is 3.32. The van der Waals surface area contributed by atoms with Crippen LogP contribution in [0.5, 0.6) is 0 Å². The van der Waals surface area contributed by atoms with Gasteiger partial charge in [-0.3, -0.25) is 0 Å². The van der Waals surface area contributed by atoms with E-state index in [9.17, 15) is 4.79 Å². The fourth-order valence-corrected chi connectivity index (χ4v) is 1.44. The zero-order chi connectivity index (χ0) is 10.9. The lowest BCUT2D eigenvalue weighted by molar-refractivity contribution is 0.0698. The van der Waals surface area contributed by atoms with Crippen molar-refractivity contribution < 1.29 is 9.90 Å². The van der Waals surface area contributed by atoms with Crippen LogP contribution in [0.15, 0.2) is 6.07 Å². The molecule has 1 aromatic rings. The van der Waals surface area contributed by atoms with Gasteiger partial charge in [0.05, 0.1) is 5.56 Å². The van der Waals surface area contributed by atoms with Crippen molar-refractivity contribution in [3.8, 4) is 0 Å². The third-order valence-corrected chi connectivity index (χ3v) is 2.53.